The van der Waals surface area contributed by atoms with Gasteiger partial charge >= 0.3 is 6.18 Å². The average Bonchev–Trinajstić information content (AvgIpc) is 2.30. The molecule has 0 aromatic heterocycles. The van der Waals surface area contributed by atoms with Crippen LogP contribution < -0.4 is 5.73 Å². The second-order valence-electron chi connectivity index (χ2n) is 3.12. The normalized spacial score (nSPS) is 31.0. The van der Waals surface area contributed by atoms with Gasteiger partial charge in [0.2, 0.25) is 0 Å². The highest BCUT2D eigenvalue weighted by molar-refractivity contribution is 4.78. The van der Waals surface area contributed by atoms with Crippen LogP contribution in [0.3, 0.4) is 0 Å². The lowest BCUT2D eigenvalue weighted by Gasteiger charge is -2.12. The highest BCUT2D eigenvalue weighted by Crippen LogP contribution is 2.23. The Morgan fingerprint density at radius 2 is 2.00 bits per heavy atom. The summed E-state index contributed by atoms with van der Waals surface area (Å²) in [5.74, 6) is 0. The fraction of sp³-hybridized carbons (Fsp3) is 1.00. The van der Waals surface area contributed by atoms with E-state index in [-0.39, 0.29) is 12.1 Å². The summed E-state index contributed by atoms with van der Waals surface area (Å²) in [6.07, 6.45) is -2.54. The molecule has 5 heteroatoms. The smallest absolute Gasteiger partial charge is 0.369 e. The summed E-state index contributed by atoms with van der Waals surface area (Å²) in [5.41, 5.74) is 5.50. The van der Waals surface area contributed by atoms with Gasteiger partial charge in [-0.2, -0.15) is 13.2 Å². The predicted molar refractivity (Wildman–Crippen MR) is 37.6 cm³/mol. The molecule has 0 aromatic carbocycles. The van der Waals surface area contributed by atoms with E-state index in [4.69, 9.17) is 5.73 Å². The van der Waals surface area contributed by atoms with E-state index in [0.29, 0.717) is 12.8 Å². The maximum Gasteiger partial charge on any atom is 0.411 e. The van der Waals surface area contributed by atoms with E-state index in [2.05, 4.69) is 4.74 Å². The van der Waals surface area contributed by atoms with E-state index in [1.54, 1.807) is 0 Å². The van der Waals surface area contributed by atoms with Gasteiger partial charge in [0, 0.05) is 6.04 Å². The maximum atomic E-state index is 11.6. The molecule has 1 saturated carbocycles. The van der Waals surface area contributed by atoms with Crippen LogP contribution in [0.5, 0.6) is 0 Å². The monoisotopic (exact) mass is 183 g/mol. The molecule has 0 saturated heterocycles. The number of ether oxygens (including phenoxy) is 1. The second kappa shape index (κ2) is 3.62. The van der Waals surface area contributed by atoms with Crippen molar-refractivity contribution in [3.63, 3.8) is 0 Å². The van der Waals surface area contributed by atoms with Crippen molar-refractivity contribution in [3.05, 3.63) is 0 Å². The largest absolute Gasteiger partial charge is 0.411 e. The molecule has 72 valence electrons. The summed E-state index contributed by atoms with van der Waals surface area (Å²) >= 11 is 0. The Bertz CT molecular complexity index is 148. The minimum atomic E-state index is -4.22. The lowest BCUT2D eigenvalue weighted by Crippen LogP contribution is -2.23. The Kier molecular flexibility index (Phi) is 2.95. The van der Waals surface area contributed by atoms with Gasteiger partial charge in [-0.3, -0.25) is 0 Å². The number of alkyl halides is 3. The number of rotatable bonds is 2. The fourth-order valence-corrected chi connectivity index (χ4v) is 1.34. The Morgan fingerprint density at radius 1 is 1.33 bits per heavy atom. The van der Waals surface area contributed by atoms with E-state index in [9.17, 15) is 13.2 Å². The summed E-state index contributed by atoms with van der Waals surface area (Å²) in [5, 5.41) is 0. The lowest BCUT2D eigenvalue weighted by atomic mass is 10.3. The van der Waals surface area contributed by atoms with E-state index in [0.717, 1.165) is 6.42 Å². The van der Waals surface area contributed by atoms with Gasteiger partial charge in [0.05, 0.1) is 6.10 Å². The van der Waals surface area contributed by atoms with Gasteiger partial charge in [0.15, 0.2) is 0 Å². The van der Waals surface area contributed by atoms with Gasteiger partial charge in [0.25, 0.3) is 0 Å². The van der Waals surface area contributed by atoms with Crippen molar-refractivity contribution in [2.75, 3.05) is 6.61 Å². The molecule has 1 aliphatic rings. The summed E-state index contributed by atoms with van der Waals surface area (Å²) in [6.45, 7) is -1.15. The molecule has 1 rings (SSSR count). The van der Waals surface area contributed by atoms with Gasteiger partial charge in [-0.15, -0.1) is 0 Å². The molecule has 0 bridgehead atoms. The van der Waals surface area contributed by atoms with Crippen molar-refractivity contribution in [1.29, 1.82) is 0 Å². The number of hydrogen-bond donors (Lipinski definition) is 1. The maximum absolute atomic E-state index is 11.6. The molecular formula is C7H12F3NO. The first kappa shape index (κ1) is 9.80. The van der Waals surface area contributed by atoms with Crippen molar-refractivity contribution in [1.82, 2.24) is 0 Å². The van der Waals surface area contributed by atoms with E-state index >= 15 is 0 Å². The molecular weight excluding hydrogens is 171 g/mol. The van der Waals surface area contributed by atoms with Crippen LogP contribution in [-0.4, -0.2) is 24.9 Å². The Hall–Kier alpha value is -0.290. The van der Waals surface area contributed by atoms with Crippen LogP contribution in [0.15, 0.2) is 0 Å². The van der Waals surface area contributed by atoms with Crippen LogP contribution in [0.1, 0.15) is 19.3 Å². The van der Waals surface area contributed by atoms with Crippen LogP contribution >= 0.6 is 0 Å². The van der Waals surface area contributed by atoms with Gasteiger partial charge in [-0.1, -0.05) is 0 Å². The molecule has 2 unspecified atom stereocenters. The minimum absolute atomic E-state index is 0.0169. The first-order valence-electron chi connectivity index (χ1n) is 3.91. The number of nitrogens with two attached hydrogens (primary N) is 1. The first-order chi connectivity index (χ1) is 5.47. The molecule has 0 spiro atoms. The SMILES string of the molecule is NC1CCC(OCC(F)(F)F)C1. The first-order valence-corrected chi connectivity index (χ1v) is 3.91. The number of halogens is 3. The topological polar surface area (TPSA) is 35.2 Å². The van der Waals surface area contributed by atoms with Gasteiger partial charge in [-0.25, -0.2) is 0 Å². The zero-order valence-corrected chi connectivity index (χ0v) is 6.60. The van der Waals surface area contributed by atoms with Crippen LogP contribution in [0.25, 0.3) is 0 Å². The Labute approximate surface area is 68.9 Å². The van der Waals surface area contributed by atoms with Crippen LogP contribution in [-0.2, 0) is 4.74 Å². The standard InChI is InChI=1S/C7H12F3NO/c8-7(9,10)4-12-6-2-1-5(11)3-6/h5-6H,1-4,11H2. The third-order valence-corrected chi connectivity index (χ3v) is 1.91. The van der Waals surface area contributed by atoms with Crippen molar-refractivity contribution in [3.8, 4) is 0 Å². The second-order valence-corrected chi connectivity index (χ2v) is 3.12. The quantitative estimate of drug-likeness (QED) is 0.703. The zero-order chi connectivity index (χ0) is 9.19. The Balaban J connectivity index is 2.16. The molecule has 1 fully saturated rings. The summed E-state index contributed by atoms with van der Waals surface area (Å²) in [6, 6.07) is 0.0169. The molecule has 0 aliphatic heterocycles. The lowest BCUT2D eigenvalue weighted by molar-refractivity contribution is -0.184. The summed E-state index contributed by atoms with van der Waals surface area (Å²) in [4.78, 5) is 0. The third-order valence-electron chi connectivity index (χ3n) is 1.91. The highest BCUT2D eigenvalue weighted by atomic mass is 19.4. The molecule has 0 aromatic rings. The van der Waals surface area contributed by atoms with Crippen molar-refractivity contribution >= 4 is 0 Å². The highest BCUT2D eigenvalue weighted by Gasteiger charge is 2.31. The minimum Gasteiger partial charge on any atom is -0.369 e. The molecule has 1 aliphatic carbocycles. The van der Waals surface area contributed by atoms with Crippen molar-refractivity contribution in [2.24, 2.45) is 5.73 Å². The molecule has 0 amide bonds. The number of hydrogen-bond acceptors (Lipinski definition) is 2. The van der Waals surface area contributed by atoms with Gasteiger partial charge < -0.3 is 10.5 Å². The summed E-state index contributed by atoms with van der Waals surface area (Å²) in [7, 11) is 0. The molecule has 0 heterocycles. The summed E-state index contributed by atoms with van der Waals surface area (Å²) < 4.78 is 39.6. The molecule has 12 heavy (non-hydrogen) atoms. The van der Waals surface area contributed by atoms with E-state index in [1.165, 1.54) is 0 Å². The van der Waals surface area contributed by atoms with E-state index < -0.39 is 12.8 Å². The van der Waals surface area contributed by atoms with Crippen molar-refractivity contribution < 1.29 is 17.9 Å². The van der Waals surface area contributed by atoms with Gasteiger partial charge in [0.1, 0.15) is 6.61 Å². The zero-order valence-electron chi connectivity index (χ0n) is 6.60. The molecule has 2 N–H and O–H groups in total. The third kappa shape index (κ3) is 3.40. The van der Waals surface area contributed by atoms with Crippen molar-refractivity contribution in [2.45, 2.75) is 37.6 Å². The molecule has 2 nitrogen and oxygen atoms in total. The van der Waals surface area contributed by atoms with Crippen LogP contribution in [0, 0.1) is 0 Å². The predicted octanol–water partition coefficient (Wildman–Crippen LogP) is 1.45. The average molecular weight is 183 g/mol. The fourth-order valence-electron chi connectivity index (χ4n) is 1.34. The van der Waals surface area contributed by atoms with Crippen LogP contribution in [0.4, 0.5) is 13.2 Å². The molecule has 2 atom stereocenters. The van der Waals surface area contributed by atoms with E-state index in [1.807, 2.05) is 0 Å². The van der Waals surface area contributed by atoms with Crippen LogP contribution in [0.2, 0.25) is 0 Å². The van der Waals surface area contributed by atoms with Gasteiger partial charge in [-0.05, 0) is 19.3 Å². The molecule has 0 radical (unpaired) electrons. The Morgan fingerprint density at radius 3 is 2.42 bits per heavy atom.